The van der Waals surface area contributed by atoms with Crippen molar-refractivity contribution < 1.29 is 34.1 Å². The van der Waals surface area contributed by atoms with Crippen molar-refractivity contribution in [2.24, 2.45) is 34.5 Å². The smallest absolute Gasteiger partial charge is 0.374 e. The van der Waals surface area contributed by atoms with Gasteiger partial charge in [-0.3, -0.25) is 4.79 Å². The Kier molecular flexibility index (Phi) is 7.13. The molecule has 4 fully saturated rings. The Morgan fingerprint density at radius 3 is 2.30 bits per heavy atom. The monoisotopic (exact) mass is 598 g/mol. The summed E-state index contributed by atoms with van der Waals surface area (Å²) < 4.78 is 11.2. The first-order chi connectivity index (χ1) is 21.0. The molecule has 232 valence electrons. The number of benzene rings is 2. The number of fused-ring (bicyclic) bond motifs is 5. The first-order valence-electron chi connectivity index (χ1n) is 16.3. The zero-order chi connectivity index (χ0) is 30.9. The minimum Gasteiger partial charge on any atom is -0.455 e. The van der Waals surface area contributed by atoms with Gasteiger partial charge in [-0.05, 0) is 99.0 Å². The third-order valence-electron chi connectivity index (χ3n) is 12.7. The molecule has 5 aliphatic rings. The Hall–Kier alpha value is -3.29. The number of aliphatic hydroxyl groups is 2. The van der Waals surface area contributed by atoms with E-state index in [1.165, 1.54) is 12.1 Å². The number of aliphatic hydroxyl groups excluding tert-OH is 1. The van der Waals surface area contributed by atoms with Crippen molar-refractivity contribution in [3.63, 3.8) is 0 Å². The lowest BCUT2D eigenvalue weighted by Crippen LogP contribution is -2.62. The van der Waals surface area contributed by atoms with Gasteiger partial charge in [-0.15, -0.1) is 0 Å². The number of ether oxygens (including phenoxy) is 2. The quantitative estimate of drug-likeness (QED) is 0.320. The van der Waals surface area contributed by atoms with Gasteiger partial charge in [0.1, 0.15) is 6.61 Å². The number of carbonyl (C=O) groups excluding carboxylic acids is 3. The third-order valence-corrected chi connectivity index (χ3v) is 12.7. The van der Waals surface area contributed by atoms with Crippen LogP contribution >= 0.6 is 0 Å². The van der Waals surface area contributed by atoms with E-state index in [9.17, 15) is 24.6 Å². The van der Waals surface area contributed by atoms with Gasteiger partial charge in [-0.25, -0.2) is 9.59 Å². The standard InChI is InChI=1S/C37H42O7/c1-35-17-14-26(38)20-25(35)12-13-30-29(35)15-18-36(2)28(16-19-37(30,36)42)27-21-43-34(41)32(27)44-33(40)24-10-8-23(9-11-24)31(39)22-6-4-3-5-7-22/h3-11,25-26,28-30,38,42H,12-21H2,1-2H3/t25-,26+,28-,29+,30-,35+,36-,37+/m1/s1. The Balaban J connectivity index is 1.12. The highest BCUT2D eigenvalue weighted by Gasteiger charge is 2.68. The second-order valence-electron chi connectivity index (χ2n) is 14.5. The number of ketones is 1. The van der Waals surface area contributed by atoms with Crippen LogP contribution in [0.15, 0.2) is 65.9 Å². The second kappa shape index (κ2) is 10.7. The van der Waals surface area contributed by atoms with Gasteiger partial charge in [0.15, 0.2) is 5.78 Å². The first-order valence-corrected chi connectivity index (χ1v) is 16.3. The summed E-state index contributed by atoms with van der Waals surface area (Å²) in [5.74, 6) is -0.567. The van der Waals surface area contributed by atoms with Crippen LogP contribution in [-0.2, 0) is 14.3 Å². The Bertz CT molecular complexity index is 1510. The Morgan fingerprint density at radius 2 is 1.55 bits per heavy atom. The molecule has 0 amide bonds. The van der Waals surface area contributed by atoms with Crippen molar-refractivity contribution in [1.82, 2.24) is 0 Å². The zero-order valence-electron chi connectivity index (χ0n) is 25.6. The van der Waals surface area contributed by atoms with Crippen LogP contribution in [0.3, 0.4) is 0 Å². The van der Waals surface area contributed by atoms with Crippen molar-refractivity contribution in [3.8, 4) is 0 Å². The molecule has 4 saturated carbocycles. The van der Waals surface area contributed by atoms with E-state index in [0.717, 1.165) is 44.9 Å². The third kappa shape index (κ3) is 4.41. The molecule has 7 heteroatoms. The largest absolute Gasteiger partial charge is 0.455 e. The van der Waals surface area contributed by atoms with Gasteiger partial charge in [0, 0.05) is 22.1 Å². The number of hydrogen-bond donors (Lipinski definition) is 2. The number of hydrogen-bond acceptors (Lipinski definition) is 7. The molecule has 0 unspecified atom stereocenters. The van der Waals surface area contributed by atoms with Crippen LogP contribution in [0.2, 0.25) is 0 Å². The van der Waals surface area contributed by atoms with E-state index >= 15 is 0 Å². The van der Waals surface area contributed by atoms with Crippen LogP contribution in [0.5, 0.6) is 0 Å². The van der Waals surface area contributed by atoms with E-state index in [1.54, 1.807) is 36.4 Å². The molecule has 2 N–H and O–H groups in total. The molecule has 7 nitrogen and oxygen atoms in total. The molecule has 44 heavy (non-hydrogen) atoms. The summed E-state index contributed by atoms with van der Waals surface area (Å²) in [5.41, 5.74) is 0.713. The van der Waals surface area contributed by atoms with Gasteiger partial charge in [0.25, 0.3) is 0 Å². The van der Waals surface area contributed by atoms with Crippen LogP contribution in [0, 0.1) is 34.5 Å². The predicted molar refractivity (Wildman–Crippen MR) is 162 cm³/mol. The molecular weight excluding hydrogens is 556 g/mol. The summed E-state index contributed by atoms with van der Waals surface area (Å²) in [6, 6.07) is 15.2. The molecule has 4 aliphatic carbocycles. The fourth-order valence-corrected chi connectivity index (χ4v) is 10.2. The van der Waals surface area contributed by atoms with Crippen molar-refractivity contribution in [2.75, 3.05) is 6.61 Å². The lowest BCUT2D eigenvalue weighted by molar-refractivity contribution is -0.208. The molecule has 0 radical (unpaired) electrons. The summed E-state index contributed by atoms with van der Waals surface area (Å²) in [5, 5.41) is 23.0. The molecule has 7 rings (SSSR count). The van der Waals surface area contributed by atoms with Crippen LogP contribution in [0.25, 0.3) is 0 Å². The fourth-order valence-electron chi connectivity index (χ4n) is 10.2. The lowest BCUT2D eigenvalue weighted by Gasteiger charge is -2.63. The highest BCUT2D eigenvalue weighted by molar-refractivity contribution is 6.09. The van der Waals surface area contributed by atoms with Gasteiger partial charge in [0.2, 0.25) is 5.76 Å². The number of rotatable bonds is 5. The van der Waals surface area contributed by atoms with Crippen molar-refractivity contribution in [1.29, 1.82) is 0 Å². The molecular formula is C37H42O7. The van der Waals surface area contributed by atoms with Gasteiger partial charge in [-0.1, -0.05) is 56.3 Å². The molecule has 2 aromatic rings. The molecule has 1 aliphatic heterocycles. The average Bonchev–Trinajstić information content (AvgIpc) is 3.52. The number of carbonyl (C=O) groups is 3. The Morgan fingerprint density at radius 1 is 0.841 bits per heavy atom. The van der Waals surface area contributed by atoms with Crippen molar-refractivity contribution in [2.45, 2.75) is 83.3 Å². The van der Waals surface area contributed by atoms with Gasteiger partial charge in [0.05, 0.1) is 17.3 Å². The maximum absolute atomic E-state index is 13.2. The topological polar surface area (TPSA) is 110 Å². The van der Waals surface area contributed by atoms with E-state index in [4.69, 9.17) is 9.47 Å². The summed E-state index contributed by atoms with van der Waals surface area (Å²) >= 11 is 0. The van der Waals surface area contributed by atoms with Gasteiger partial charge >= 0.3 is 11.9 Å². The van der Waals surface area contributed by atoms with Crippen LogP contribution in [0.1, 0.15) is 97.9 Å². The van der Waals surface area contributed by atoms with E-state index in [2.05, 4.69) is 13.8 Å². The average molecular weight is 599 g/mol. The Labute approximate surface area is 258 Å². The minimum absolute atomic E-state index is 0.0472. The molecule has 0 spiro atoms. The van der Waals surface area contributed by atoms with Crippen molar-refractivity contribution in [3.05, 3.63) is 82.6 Å². The summed E-state index contributed by atoms with van der Waals surface area (Å²) in [7, 11) is 0. The summed E-state index contributed by atoms with van der Waals surface area (Å²) in [4.78, 5) is 39.0. The van der Waals surface area contributed by atoms with E-state index in [-0.39, 0.29) is 47.1 Å². The van der Waals surface area contributed by atoms with E-state index in [1.807, 2.05) is 6.07 Å². The summed E-state index contributed by atoms with van der Waals surface area (Å²) in [6.45, 7) is 4.62. The molecule has 0 aromatic heterocycles. The normalized spacial score (nSPS) is 37.9. The maximum atomic E-state index is 13.2. The predicted octanol–water partition coefficient (Wildman–Crippen LogP) is 6.02. The van der Waals surface area contributed by atoms with Crippen LogP contribution in [0.4, 0.5) is 0 Å². The highest BCUT2D eigenvalue weighted by atomic mass is 16.6. The van der Waals surface area contributed by atoms with Gasteiger partial charge < -0.3 is 19.7 Å². The highest BCUT2D eigenvalue weighted by Crippen LogP contribution is 2.70. The molecule has 1 heterocycles. The minimum atomic E-state index is -0.875. The summed E-state index contributed by atoms with van der Waals surface area (Å²) in [6.07, 6.45) is 7.67. The molecule has 0 saturated heterocycles. The number of esters is 2. The SMILES string of the molecule is C[C@]12CC[C@H](O)C[C@H]1CC[C@@H]1[C@@H]2CC[C@]2(C)[C@@H](C3=C(OC(=O)c4ccc(C(=O)c5ccccc5)cc4)C(=O)OC3)CC[C@]12O. The maximum Gasteiger partial charge on any atom is 0.374 e. The van der Waals surface area contributed by atoms with Crippen LogP contribution < -0.4 is 0 Å². The molecule has 8 atom stereocenters. The fraction of sp³-hybridized carbons (Fsp3) is 0.541. The van der Waals surface area contributed by atoms with E-state index in [0.29, 0.717) is 41.4 Å². The molecule has 0 bridgehead atoms. The zero-order valence-corrected chi connectivity index (χ0v) is 25.6. The number of cyclic esters (lactones) is 1. The van der Waals surface area contributed by atoms with Crippen molar-refractivity contribution >= 4 is 17.7 Å². The van der Waals surface area contributed by atoms with E-state index < -0.39 is 23.0 Å². The lowest BCUT2D eigenvalue weighted by atomic mass is 9.43. The molecule has 2 aromatic carbocycles. The van der Waals surface area contributed by atoms with Crippen LogP contribution in [-0.4, -0.2) is 46.2 Å². The second-order valence-corrected chi connectivity index (χ2v) is 14.5. The van der Waals surface area contributed by atoms with Gasteiger partial charge in [-0.2, -0.15) is 0 Å². The first kappa shape index (κ1) is 29.4.